The van der Waals surface area contributed by atoms with Crippen LogP contribution in [0.3, 0.4) is 0 Å². The largest absolute Gasteiger partial charge is 0.481 e. The van der Waals surface area contributed by atoms with Gasteiger partial charge in [0.2, 0.25) is 0 Å². The van der Waals surface area contributed by atoms with Crippen molar-refractivity contribution in [3.63, 3.8) is 0 Å². The summed E-state index contributed by atoms with van der Waals surface area (Å²) in [6, 6.07) is 3.97. The van der Waals surface area contributed by atoms with Gasteiger partial charge >= 0.3 is 16.2 Å². The first kappa shape index (κ1) is 16.0. The zero-order chi connectivity index (χ0) is 15.6. The van der Waals surface area contributed by atoms with E-state index in [1.54, 1.807) is 0 Å². The Morgan fingerprint density at radius 2 is 2.19 bits per heavy atom. The molecule has 0 radical (unpaired) electrons. The van der Waals surface area contributed by atoms with Crippen LogP contribution in [0.15, 0.2) is 18.2 Å². The quantitative estimate of drug-likeness (QED) is 0.879. The molecular formula is C12H14ClFN2O4S. The summed E-state index contributed by atoms with van der Waals surface area (Å²) in [6.45, 7) is 0.0636. The van der Waals surface area contributed by atoms with Crippen molar-refractivity contribution in [1.29, 1.82) is 0 Å². The van der Waals surface area contributed by atoms with Crippen molar-refractivity contribution < 1.29 is 22.7 Å². The Labute approximate surface area is 126 Å². The maximum atomic E-state index is 13.7. The molecule has 0 bridgehead atoms. The fourth-order valence-electron chi connectivity index (χ4n) is 2.15. The third kappa shape index (κ3) is 3.63. The van der Waals surface area contributed by atoms with Gasteiger partial charge in [0.05, 0.1) is 16.6 Å². The molecule has 116 valence electrons. The summed E-state index contributed by atoms with van der Waals surface area (Å²) in [5, 5.41) is 8.78. The molecule has 1 fully saturated rings. The van der Waals surface area contributed by atoms with E-state index < -0.39 is 27.9 Å². The molecule has 1 heterocycles. The minimum atomic E-state index is -4.02. The van der Waals surface area contributed by atoms with Gasteiger partial charge in [-0.3, -0.25) is 9.52 Å². The first-order chi connectivity index (χ1) is 9.81. The van der Waals surface area contributed by atoms with Crippen LogP contribution in [0.1, 0.15) is 12.8 Å². The first-order valence-electron chi connectivity index (χ1n) is 6.26. The van der Waals surface area contributed by atoms with Crippen LogP contribution in [0.2, 0.25) is 5.02 Å². The van der Waals surface area contributed by atoms with Crippen LogP contribution in [-0.2, 0) is 15.0 Å². The highest BCUT2D eigenvalue weighted by atomic mass is 35.5. The summed E-state index contributed by atoms with van der Waals surface area (Å²) in [5.74, 6) is -2.65. The van der Waals surface area contributed by atoms with Gasteiger partial charge in [-0.1, -0.05) is 17.7 Å². The minimum absolute atomic E-state index is 0.132. The highest BCUT2D eigenvalue weighted by Gasteiger charge is 2.32. The smallest absolute Gasteiger partial charge is 0.307 e. The first-order valence-corrected chi connectivity index (χ1v) is 8.08. The zero-order valence-corrected chi connectivity index (χ0v) is 12.5. The molecule has 1 aliphatic rings. The van der Waals surface area contributed by atoms with E-state index in [2.05, 4.69) is 4.72 Å². The predicted octanol–water partition coefficient (Wildman–Crippen LogP) is 1.93. The van der Waals surface area contributed by atoms with Gasteiger partial charge in [0.1, 0.15) is 0 Å². The lowest BCUT2D eigenvalue weighted by Gasteiger charge is -2.30. The molecule has 1 aliphatic heterocycles. The van der Waals surface area contributed by atoms with Gasteiger partial charge in [-0.05, 0) is 25.0 Å². The Morgan fingerprint density at radius 1 is 1.48 bits per heavy atom. The molecule has 0 aliphatic carbocycles. The van der Waals surface area contributed by atoms with Crippen molar-refractivity contribution in [3.05, 3.63) is 29.0 Å². The number of piperidine rings is 1. The Kier molecular flexibility index (Phi) is 4.70. The second-order valence-electron chi connectivity index (χ2n) is 4.74. The number of aliphatic carboxylic acids is 1. The van der Waals surface area contributed by atoms with Crippen LogP contribution in [0, 0.1) is 11.7 Å². The number of carbonyl (C=O) groups is 1. The van der Waals surface area contributed by atoms with Crippen LogP contribution in [-0.4, -0.2) is 36.9 Å². The van der Waals surface area contributed by atoms with Crippen LogP contribution < -0.4 is 4.72 Å². The Balaban J connectivity index is 2.18. The van der Waals surface area contributed by atoms with E-state index in [0.717, 1.165) is 4.31 Å². The van der Waals surface area contributed by atoms with Crippen LogP contribution in [0.4, 0.5) is 10.1 Å². The SMILES string of the molecule is O=C(O)C1CCCN(S(=O)(=O)Nc2cccc(Cl)c2F)C1. The zero-order valence-electron chi connectivity index (χ0n) is 10.9. The van der Waals surface area contributed by atoms with E-state index in [4.69, 9.17) is 16.7 Å². The topological polar surface area (TPSA) is 86.7 Å². The summed E-state index contributed by atoms with van der Waals surface area (Å²) < 4.78 is 41.2. The molecule has 21 heavy (non-hydrogen) atoms. The number of nitrogens with zero attached hydrogens (tertiary/aromatic N) is 1. The van der Waals surface area contributed by atoms with Gasteiger partial charge in [0, 0.05) is 13.1 Å². The molecule has 1 aromatic carbocycles. The van der Waals surface area contributed by atoms with Crippen LogP contribution >= 0.6 is 11.6 Å². The third-order valence-corrected chi connectivity index (χ3v) is 5.05. The van der Waals surface area contributed by atoms with Gasteiger partial charge < -0.3 is 5.11 Å². The Morgan fingerprint density at radius 3 is 2.86 bits per heavy atom. The number of carboxylic acid groups (broad SMARTS) is 1. The summed E-state index contributed by atoms with van der Waals surface area (Å²) in [7, 11) is -4.02. The van der Waals surface area contributed by atoms with Crippen molar-refractivity contribution in [3.8, 4) is 0 Å². The second-order valence-corrected chi connectivity index (χ2v) is 6.82. The summed E-state index contributed by atoms with van der Waals surface area (Å²) in [4.78, 5) is 11.0. The number of hydrogen-bond acceptors (Lipinski definition) is 3. The number of halogens is 2. The van der Waals surface area contributed by atoms with Crippen molar-refractivity contribution in [1.82, 2.24) is 4.31 Å². The molecule has 1 unspecified atom stereocenters. The molecule has 6 nitrogen and oxygen atoms in total. The normalized spacial score (nSPS) is 20.2. The van der Waals surface area contributed by atoms with Gasteiger partial charge in [-0.25, -0.2) is 4.39 Å². The number of hydrogen-bond donors (Lipinski definition) is 2. The minimum Gasteiger partial charge on any atom is -0.481 e. The standard InChI is InChI=1S/C12H14ClFN2O4S/c13-9-4-1-5-10(11(9)14)15-21(19,20)16-6-2-3-8(7-16)12(17)18/h1,4-5,8,15H,2-3,6-7H2,(H,17,18). The lowest BCUT2D eigenvalue weighted by atomic mass is 10.0. The molecule has 9 heteroatoms. The molecule has 0 amide bonds. The highest BCUT2D eigenvalue weighted by molar-refractivity contribution is 7.90. The van der Waals surface area contributed by atoms with Crippen molar-refractivity contribution >= 4 is 33.5 Å². The van der Waals surface area contributed by atoms with E-state index in [-0.39, 0.29) is 23.8 Å². The lowest BCUT2D eigenvalue weighted by Crippen LogP contribution is -2.44. The fraction of sp³-hybridized carbons (Fsp3) is 0.417. The van der Waals surface area contributed by atoms with Crippen molar-refractivity contribution in [2.75, 3.05) is 17.8 Å². The Bertz CT molecular complexity index is 653. The van der Waals surface area contributed by atoms with Gasteiger partial charge in [-0.15, -0.1) is 0 Å². The van der Waals surface area contributed by atoms with Crippen LogP contribution in [0.5, 0.6) is 0 Å². The average molecular weight is 337 g/mol. The second kappa shape index (κ2) is 6.17. The molecule has 0 saturated carbocycles. The van der Waals surface area contributed by atoms with Crippen LogP contribution in [0.25, 0.3) is 0 Å². The summed E-state index contributed by atoms with van der Waals surface area (Å²) in [6.07, 6.45) is 0.864. The van der Waals surface area contributed by atoms with Gasteiger partial charge in [0.25, 0.3) is 0 Å². The Hall–Kier alpha value is -1.38. The van der Waals surface area contributed by atoms with Gasteiger partial charge in [-0.2, -0.15) is 12.7 Å². The molecule has 0 spiro atoms. The van der Waals surface area contributed by atoms with E-state index in [9.17, 15) is 17.6 Å². The number of nitrogens with one attached hydrogen (secondary N) is 1. The summed E-state index contributed by atoms with van der Waals surface area (Å²) >= 11 is 5.59. The molecule has 1 atom stereocenters. The fourth-order valence-corrected chi connectivity index (χ4v) is 3.63. The number of rotatable bonds is 4. The highest BCUT2D eigenvalue weighted by Crippen LogP contribution is 2.25. The molecule has 1 saturated heterocycles. The molecular weight excluding hydrogens is 323 g/mol. The average Bonchev–Trinajstić information content (AvgIpc) is 2.44. The van der Waals surface area contributed by atoms with Gasteiger partial charge in [0.15, 0.2) is 5.82 Å². The van der Waals surface area contributed by atoms with E-state index in [1.165, 1.54) is 18.2 Å². The number of benzene rings is 1. The van der Waals surface area contributed by atoms with E-state index in [1.807, 2.05) is 0 Å². The van der Waals surface area contributed by atoms with Crippen molar-refractivity contribution in [2.24, 2.45) is 5.92 Å². The molecule has 0 aromatic heterocycles. The maximum Gasteiger partial charge on any atom is 0.307 e. The summed E-state index contributed by atoms with van der Waals surface area (Å²) in [5.41, 5.74) is -0.264. The third-order valence-electron chi connectivity index (χ3n) is 3.26. The number of anilines is 1. The van der Waals surface area contributed by atoms with E-state index in [0.29, 0.717) is 12.8 Å². The predicted molar refractivity (Wildman–Crippen MR) is 75.9 cm³/mol. The van der Waals surface area contributed by atoms with Crippen molar-refractivity contribution in [2.45, 2.75) is 12.8 Å². The molecule has 2 N–H and O–H groups in total. The maximum absolute atomic E-state index is 13.7. The lowest BCUT2D eigenvalue weighted by molar-refractivity contribution is -0.142. The van der Waals surface area contributed by atoms with E-state index >= 15 is 0 Å². The molecule has 2 rings (SSSR count). The molecule has 1 aromatic rings. The number of carboxylic acids is 1. The monoisotopic (exact) mass is 336 g/mol.